The third kappa shape index (κ3) is 3.66. The van der Waals surface area contributed by atoms with Gasteiger partial charge in [0.15, 0.2) is 0 Å². The van der Waals surface area contributed by atoms with Crippen molar-refractivity contribution in [2.75, 3.05) is 13.7 Å². The lowest BCUT2D eigenvalue weighted by atomic mass is 10.3. The van der Waals surface area contributed by atoms with Crippen LogP contribution in [0.3, 0.4) is 0 Å². The molecule has 0 fully saturated rings. The average molecular weight is 129 g/mol. The van der Waals surface area contributed by atoms with Gasteiger partial charge in [-0.1, -0.05) is 0 Å². The summed E-state index contributed by atoms with van der Waals surface area (Å²) in [5.74, 6) is 4.91. The molecule has 0 radical (unpaired) electrons. The van der Waals surface area contributed by atoms with E-state index in [1.165, 1.54) is 0 Å². The predicted octanol–water partition coefficient (Wildman–Crippen LogP) is -0.0128. The molecular weight excluding hydrogens is 118 g/mol. The third-order valence-electron chi connectivity index (χ3n) is 0.895. The van der Waals surface area contributed by atoms with Crippen molar-refractivity contribution in [3.05, 3.63) is 0 Å². The van der Waals surface area contributed by atoms with E-state index < -0.39 is 0 Å². The maximum Gasteiger partial charge on any atom is 0.0798 e. The summed E-state index contributed by atoms with van der Waals surface area (Å²) in [6, 6.07) is 0. The van der Waals surface area contributed by atoms with Gasteiger partial charge in [0, 0.05) is 19.7 Å². The molecule has 0 aromatic heterocycles. The highest BCUT2D eigenvalue weighted by Crippen LogP contribution is 1.81. The van der Waals surface area contributed by atoms with Gasteiger partial charge in [0.1, 0.15) is 0 Å². The molecule has 0 rings (SSSR count). The topological polar surface area (TPSA) is 71.5 Å². The van der Waals surface area contributed by atoms with Gasteiger partial charge < -0.3 is 16.0 Å². The van der Waals surface area contributed by atoms with E-state index >= 15 is 0 Å². The van der Waals surface area contributed by atoms with E-state index in [0.717, 1.165) is 6.21 Å². The zero-order chi connectivity index (χ0) is 7.11. The first-order chi connectivity index (χ1) is 4.35. The Labute approximate surface area is 54.2 Å². The number of nitrogens with two attached hydrogens (primary N) is 1. The predicted molar refractivity (Wildman–Crippen MR) is 36.9 cm³/mol. The van der Waals surface area contributed by atoms with Gasteiger partial charge in [-0.2, -0.15) is 5.10 Å². The molecule has 4 nitrogen and oxygen atoms in total. The molecule has 0 atom stereocenters. The second-order valence-corrected chi connectivity index (χ2v) is 1.51. The van der Waals surface area contributed by atoms with Crippen molar-refractivity contribution in [1.29, 1.82) is 5.41 Å². The Morgan fingerprint density at radius 2 is 2.56 bits per heavy atom. The lowest BCUT2D eigenvalue weighted by molar-refractivity contribution is 0.208. The highest BCUT2D eigenvalue weighted by molar-refractivity contribution is 6.29. The number of hydrazone groups is 1. The van der Waals surface area contributed by atoms with Gasteiger partial charge in [0.2, 0.25) is 0 Å². The fourth-order valence-electron chi connectivity index (χ4n) is 0.381. The van der Waals surface area contributed by atoms with E-state index in [1.54, 1.807) is 7.11 Å². The lowest BCUT2D eigenvalue weighted by Crippen LogP contribution is -2.06. The maximum absolute atomic E-state index is 6.75. The molecular formula is C5H11N3O. The molecule has 0 spiro atoms. The molecule has 0 aromatic carbocycles. The van der Waals surface area contributed by atoms with Crippen molar-refractivity contribution >= 4 is 11.9 Å². The van der Waals surface area contributed by atoms with Gasteiger partial charge in [-0.25, -0.2) is 0 Å². The zero-order valence-electron chi connectivity index (χ0n) is 5.42. The maximum atomic E-state index is 6.75. The number of nitrogens with one attached hydrogen (secondary N) is 1. The first kappa shape index (κ1) is 8.10. The van der Waals surface area contributed by atoms with Crippen molar-refractivity contribution in [2.24, 2.45) is 10.9 Å². The molecule has 0 bridgehead atoms. The number of methoxy groups -OCH3 is 1. The molecule has 0 aliphatic rings. The molecule has 0 unspecified atom stereocenters. The normalized spacial score (nSPS) is 11.4. The highest BCUT2D eigenvalue weighted by atomic mass is 16.5. The SMILES string of the molecule is COCCC(C=N)=NN. The van der Waals surface area contributed by atoms with E-state index in [2.05, 4.69) is 5.10 Å². The molecule has 3 N–H and O–H groups in total. The largest absolute Gasteiger partial charge is 0.384 e. The van der Waals surface area contributed by atoms with E-state index in [9.17, 15) is 0 Å². The summed E-state index contributed by atoms with van der Waals surface area (Å²) in [4.78, 5) is 0. The van der Waals surface area contributed by atoms with Crippen molar-refractivity contribution in [1.82, 2.24) is 0 Å². The van der Waals surface area contributed by atoms with Gasteiger partial charge in [-0.3, -0.25) is 0 Å². The lowest BCUT2D eigenvalue weighted by Gasteiger charge is -1.94. The van der Waals surface area contributed by atoms with Crippen LogP contribution >= 0.6 is 0 Å². The number of hydrogen-bond acceptors (Lipinski definition) is 4. The van der Waals surface area contributed by atoms with E-state index in [-0.39, 0.29) is 0 Å². The Hall–Kier alpha value is -0.900. The van der Waals surface area contributed by atoms with Crippen molar-refractivity contribution < 1.29 is 4.74 Å². The monoisotopic (exact) mass is 129 g/mol. The second-order valence-electron chi connectivity index (χ2n) is 1.51. The molecule has 0 saturated heterocycles. The van der Waals surface area contributed by atoms with E-state index in [1.807, 2.05) is 0 Å². The summed E-state index contributed by atoms with van der Waals surface area (Å²) in [5, 5.41) is 10.1. The molecule has 0 amide bonds. The summed E-state index contributed by atoms with van der Waals surface area (Å²) in [7, 11) is 1.60. The number of hydrogen-bond donors (Lipinski definition) is 2. The van der Waals surface area contributed by atoms with E-state index in [4.69, 9.17) is 16.0 Å². The number of nitrogens with zero attached hydrogens (tertiary/aromatic N) is 1. The molecule has 0 heterocycles. The third-order valence-corrected chi connectivity index (χ3v) is 0.895. The zero-order valence-corrected chi connectivity index (χ0v) is 5.42. The van der Waals surface area contributed by atoms with Crippen molar-refractivity contribution in [3.8, 4) is 0 Å². The summed E-state index contributed by atoms with van der Waals surface area (Å²) >= 11 is 0. The Morgan fingerprint density at radius 1 is 1.89 bits per heavy atom. The van der Waals surface area contributed by atoms with Crippen molar-refractivity contribution in [2.45, 2.75) is 6.42 Å². The van der Waals surface area contributed by atoms with Crippen LogP contribution in [0, 0.1) is 5.41 Å². The molecule has 52 valence electrons. The van der Waals surface area contributed by atoms with Crippen LogP contribution in [-0.4, -0.2) is 25.6 Å². The Balaban J connectivity index is 3.45. The molecule has 0 aliphatic heterocycles. The summed E-state index contributed by atoms with van der Waals surface area (Å²) in [5.41, 5.74) is 0.553. The molecule has 9 heavy (non-hydrogen) atoms. The van der Waals surface area contributed by atoms with Crippen LogP contribution in [0.25, 0.3) is 0 Å². The average Bonchev–Trinajstić information content (AvgIpc) is 1.91. The van der Waals surface area contributed by atoms with Crippen LogP contribution < -0.4 is 5.84 Å². The Kier molecular flexibility index (Phi) is 4.72. The summed E-state index contributed by atoms with van der Waals surface area (Å²) in [6.45, 7) is 0.561. The van der Waals surface area contributed by atoms with Gasteiger partial charge in [0.25, 0.3) is 0 Å². The minimum atomic E-state index is 0.553. The molecule has 0 saturated carbocycles. The van der Waals surface area contributed by atoms with Crippen LogP contribution in [0.5, 0.6) is 0 Å². The summed E-state index contributed by atoms with van der Waals surface area (Å²) < 4.78 is 4.74. The Bertz CT molecular complexity index is 111. The van der Waals surface area contributed by atoms with Gasteiger partial charge in [-0.15, -0.1) is 0 Å². The second kappa shape index (κ2) is 5.24. The smallest absolute Gasteiger partial charge is 0.0798 e. The fraction of sp³-hybridized carbons (Fsp3) is 0.600. The van der Waals surface area contributed by atoms with Gasteiger partial charge in [0.05, 0.1) is 12.3 Å². The first-order valence-corrected chi connectivity index (χ1v) is 2.61. The minimum Gasteiger partial charge on any atom is -0.384 e. The summed E-state index contributed by atoms with van der Waals surface area (Å²) in [6.07, 6.45) is 1.73. The quantitative estimate of drug-likeness (QED) is 0.318. The molecule has 0 aromatic rings. The number of rotatable bonds is 4. The van der Waals surface area contributed by atoms with Crippen LogP contribution in [0.2, 0.25) is 0 Å². The number of ether oxygens (including phenoxy) is 1. The molecule has 0 aliphatic carbocycles. The fourth-order valence-corrected chi connectivity index (χ4v) is 0.381. The van der Waals surface area contributed by atoms with Gasteiger partial charge in [-0.05, 0) is 0 Å². The standard InChI is InChI=1S/C5H11N3O/c1-9-3-2-5(4-6)8-7/h4,6H,2-3,7H2,1H3. The van der Waals surface area contributed by atoms with E-state index in [0.29, 0.717) is 18.7 Å². The van der Waals surface area contributed by atoms with Crippen LogP contribution in [-0.2, 0) is 4.74 Å². The Morgan fingerprint density at radius 3 is 2.89 bits per heavy atom. The minimum absolute atomic E-state index is 0.553. The highest BCUT2D eigenvalue weighted by Gasteiger charge is 1.91. The molecule has 4 heteroatoms. The van der Waals surface area contributed by atoms with Crippen LogP contribution in [0.1, 0.15) is 6.42 Å². The van der Waals surface area contributed by atoms with Gasteiger partial charge >= 0.3 is 0 Å². The van der Waals surface area contributed by atoms with Crippen LogP contribution in [0.15, 0.2) is 5.10 Å². The van der Waals surface area contributed by atoms with Crippen molar-refractivity contribution in [3.63, 3.8) is 0 Å². The van der Waals surface area contributed by atoms with Crippen LogP contribution in [0.4, 0.5) is 0 Å². The first-order valence-electron chi connectivity index (χ1n) is 2.61.